The first-order valence-corrected chi connectivity index (χ1v) is 12.1. The summed E-state index contributed by atoms with van der Waals surface area (Å²) < 4.78 is 38.6. The van der Waals surface area contributed by atoms with Crippen molar-refractivity contribution in [1.82, 2.24) is 5.32 Å². The fraction of sp³-hybridized carbons (Fsp3) is 0.276. The molecule has 3 aromatic carbocycles. The summed E-state index contributed by atoms with van der Waals surface area (Å²) in [6.07, 6.45) is -5.97. The molecule has 1 amide bonds. The maximum atomic E-state index is 15.9. The first-order chi connectivity index (χ1) is 18.4. The van der Waals surface area contributed by atoms with Gasteiger partial charge in [0.25, 0.3) is 0 Å². The molecule has 5 atom stereocenters. The Morgan fingerprint density at radius 3 is 1.97 bits per heavy atom. The number of carbonyl (C=O) groups excluding carboxylic acids is 3. The van der Waals surface area contributed by atoms with Crippen molar-refractivity contribution in [2.75, 3.05) is 6.61 Å². The Bertz CT molecular complexity index is 1210. The molecular formula is C29H28FNO7. The highest BCUT2D eigenvalue weighted by Gasteiger charge is 2.50. The van der Waals surface area contributed by atoms with Crippen molar-refractivity contribution in [3.8, 4) is 0 Å². The lowest BCUT2D eigenvalue weighted by Crippen LogP contribution is -2.64. The quantitative estimate of drug-likeness (QED) is 0.427. The van der Waals surface area contributed by atoms with E-state index in [1.54, 1.807) is 48.5 Å². The molecule has 1 aliphatic rings. The van der Waals surface area contributed by atoms with Gasteiger partial charge in [-0.05, 0) is 29.8 Å². The topological polar surface area (TPSA) is 100 Å². The molecule has 0 aliphatic carbocycles. The van der Waals surface area contributed by atoms with Crippen molar-refractivity contribution in [2.45, 2.75) is 44.2 Å². The molecule has 1 aliphatic heterocycles. The van der Waals surface area contributed by atoms with Crippen molar-refractivity contribution in [3.63, 3.8) is 0 Å². The summed E-state index contributed by atoms with van der Waals surface area (Å²) in [5.74, 6) is -1.93. The molecule has 0 spiro atoms. The SMILES string of the molecule is CC(=O)N[C@@H]1[C@@H](OCc2ccccc2)OC(COC(=O)c2ccccc2)[C@@H](F)[C@@H]1OC(=O)c1ccccc1. The number of carbonyl (C=O) groups is 3. The van der Waals surface area contributed by atoms with Gasteiger partial charge in [-0.2, -0.15) is 0 Å². The Morgan fingerprint density at radius 1 is 0.842 bits per heavy atom. The number of benzene rings is 3. The minimum Gasteiger partial charge on any atom is -0.459 e. The van der Waals surface area contributed by atoms with Crippen LogP contribution in [0.25, 0.3) is 0 Å². The van der Waals surface area contributed by atoms with Crippen LogP contribution in [0, 0.1) is 0 Å². The molecule has 1 N–H and O–H groups in total. The van der Waals surface area contributed by atoms with E-state index in [0.29, 0.717) is 5.56 Å². The van der Waals surface area contributed by atoms with Crippen molar-refractivity contribution in [3.05, 3.63) is 108 Å². The second-order valence-electron chi connectivity index (χ2n) is 8.71. The third kappa shape index (κ3) is 7.02. The molecule has 1 fully saturated rings. The third-order valence-corrected chi connectivity index (χ3v) is 5.89. The summed E-state index contributed by atoms with van der Waals surface area (Å²) in [6, 6.07) is 24.4. The number of ether oxygens (including phenoxy) is 4. The number of alkyl halides is 1. The number of nitrogens with one attached hydrogen (secondary N) is 1. The minimum atomic E-state index is -1.94. The molecule has 198 valence electrons. The van der Waals surface area contributed by atoms with E-state index in [9.17, 15) is 14.4 Å². The zero-order chi connectivity index (χ0) is 26.9. The highest BCUT2D eigenvalue weighted by Crippen LogP contribution is 2.29. The van der Waals surface area contributed by atoms with Crippen LogP contribution >= 0.6 is 0 Å². The molecule has 8 nitrogen and oxygen atoms in total. The monoisotopic (exact) mass is 521 g/mol. The van der Waals surface area contributed by atoms with Gasteiger partial charge in [-0.25, -0.2) is 14.0 Å². The Morgan fingerprint density at radius 2 is 1.39 bits per heavy atom. The molecule has 3 aromatic rings. The normalized spacial score (nSPS) is 22.7. The van der Waals surface area contributed by atoms with Crippen molar-refractivity contribution in [2.24, 2.45) is 0 Å². The Hall–Kier alpha value is -4.08. The van der Waals surface area contributed by atoms with Crippen molar-refractivity contribution >= 4 is 17.8 Å². The van der Waals surface area contributed by atoms with Gasteiger partial charge in [0.05, 0.1) is 17.7 Å². The maximum absolute atomic E-state index is 15.9. The average Bonchev–Trinajstić information content (AvgIpc) is 2.95. The van der Waals surface area contributed by atoms with Crippen LogP contribution in [0.3, 0.4) is 0 Å². The predicted octanol–water partition coefficient (Wildman–Crippen LogP) is 3.85. The zero-order valence-corrected chi connectivity index (χ0v) is 20.7. The molecule has 1 unspecified atom stereocenters. The van der Waals surface area contributed by atoms with Crippen LogP contribution in [0.2, 0.25) is 0 Å². The van der Waals surface area contributed by atoms with E-state index in [2.05, 4.69) is 5.32 Å². The summed E-state index contributed by atoms with van der Waals surface area (Å²) in [7, 11) is 0. The maximum Gasteiger partial charge on any atom is 0.338 e. The fourth-order valence-electron chi connectivity index (χ4n) is 4.03. The number of hydrogen-bond acceptors (Lipinski definition) is 7. The van der Waals surface area contributed by atoms with E-state index in [0.717, 1.165) is 5.56 Å². The highest BCUT2D eigenvalue weighted by molar-refractivity contribution is 5.90. The molecule has 0 saturated carbocycles. The van der Waals surface area contributed by atoms with Gasteiger partial charge in [0.2, 0.25) is 5.91 Å². The second-order valence-corrected chi connectivity index (χ2v) is 8.71. The van der Waals surface area contributed by atoms with Gasteiger partial charge in [-0.3, -0.25) is 4.79 Å². The number of rotatable bonds is 9. The molecule has 1 saturated heterocycles. The van der Waals surface area contributed by atoms with Crippen LogP contribution in [0.1, 0.15) is 33.2 Å². The van der Waals surface area contributed by atoms with E-state index in [1.165, 1.54) is 19.1 Å². The fourth-order valence-corrected chi connectivity index (χ4v) is 4.03. The van der Waals surface area contributed by atoms with Crippen LogP contribution in [0.4, 0.5) is 4.39 Å². The third-order valence-electron chi connectivity index (χ3n) is 5.89. The molecule has 0 aromatic heterocycles. The summed E-state index contributed by atoms with van der Waals surface area (Å²) >= 11 is 0. The minimum absolute atomic E-state index is 0.0778. The number of halogens is 1. The lowest BCUT2D eigenvalue weighted by atomic mass is 9.97. The zero-order valence-electron chi connectivity index (χ0n) is 20.7. The number of esters is 2. The molecule has 0 bridgehead atoms. The van der Waals surface area contributed by atoms with Gasteiger partial charge in [0.15, 0.2) is 18.6 Å². The molecule has 0 radical (unpaired) electrons. The standard InChI is InChI=1S/C29H28FNO7/c1-19(32)31-25-26(38-28(34)22-15-9-4-10-16-22)24(30)23(18-35-27(33)21-13-7-3-8-14-21)37-29(25)36-17-20-11-5-2-6-12-20/h2-16,23-26,29H,17-18H2,1H3,(H,31,32)/t23?,24-,25+,26+,29+/m1/s1. The summed E-state index contributed by atoms with van der Waals surface area (Å²) in [5, 5.41) is 2.60. The highest BCUT2D eigenvalue weighted by atomic mass is 19.1. The van der Waals surface area contributed by atoms with Gasteiger partial charge in [-0.1, -0.05) is 66.7 Å². The van der Waals surface area contributed by atoms with Crippen LogP contribution < -0.4 is 5.32 Å². The van der Waals surface area contributed by atoms with Crippen LogP contribution in [0.15, 0.2) is 91.0 Å². The Labute approximate surface area is 219 Å². The largest absolute Gasteiger partial charge is 0.459 e. The van der Waals surface area contributed by atoms with Gasteiger partial charge in [0.1, 0.15) is 18.8 Å². The lowest BCUT2D eigenvalue weighted by Gasteiger charge is -2.42. The summed E-state index contributed by atoms with van der Waals surface area (Å²) in [6.45, 7) is 0.867. The van der Waals surface area contributed by atoms with Crippen LogP contribution in [0.5, 0.6) is 0 Å². The predicted molar refractivity (Wildman–Crippen MR) is 135 cm³/mol. The van der Waals surface area contributed by atoms with Gasteiger partial charge in [-0.15, -0.1) is 0 Å². The summed E-state index contributed by atoms with van der Waals surface area (Å²) in [5.41, 5.74) is 1.31. The van der Waals surface area contributed by atoms with E-state index < -0.39 is 55.2 Å². The van der Waals surface area contributed by atoms with Crippen LogP contribution in [-0.2, 0) is 30.3 Å². The smallest absolute Gasteiger partial charge is 0.338 e. The van der Waals surface area contributed by atoms with E-state index >= 15 is 4.39 Å². The Balaban J connectivity index is 1.56. The molecule has 1 heterocycles. The van der Waals surface area contributed by atoms with E-state index in [-0.39, 0.29) is 12.2 Å². The number of amides is 1. The van der Waals surface area contributed by atoms with Crippen molar-refractivity contribution in [1.29, 1.82) is 0 Å². The lowest BCUT2D eigenvalue weighted by molar-refractivity contribution is -0.261. The average molecular weight is 522 g/mol. The molecule has 9 heteroatoms. The van der Waals surface area contributed by atoms with Crippen LogP contribution in [-0.4, -0.2) is 55.2 Å². The van der Waals surface area contributed by atoms with Gasteiger partial charge >= 0.3 is 11.9 Å². The van der Waals surface area contributed by atoms with E-state index in [4.69, 9.17) is 18.9 Å². The first-order valence-electron chi connectivity index (χ1n) is 12.1. The summed E-state index contributed by atoms with van der Waals surface area (Å²) in [4.78, 5) is 37.4. The first kappa shape index (κ1) is 27.0. The number of hydrogen-bond donors (Lipinski definition) is 1. The van der Waals surface area contributed by atoms with Gasteiger partial charge < -0.3 is 24.3 Å². The van der Waals surface area contributed by atoms with Gasteiger partial charge in [0, 0.05) is 6.92 Å². The second kappa shape index (κ2) is 12.9. The van der Waals surface area contributed by atoms with Crippen molar-refractivity contribution < 1.29 is 37.7 Å². The Kier molecular flexibility index (Phi) is 9.18. The molecular weight excluding hydrogens is 493 g/mol. The molecule has 38 heavy (non-hydrogen) atoms. The van der Waals surface area contributed by atoms with E-state index in [1.807, 2.05) is 30.3 Å². The molecule has 4 rings (SSSR count).